The maximum absolute atomic E-state index is 11.6. The van der Waals surface area contributed by atoms with Crippen molar-refractivity contribution in [2.75, 3.05) is 6.26 Å². The Labute approximate surface area is 102 Å². The third-order valence-electron chi connectivity index (χ3n) is 1.94. The minimum Gasteiger partial charge on any atom is -0.291 e. The van der Waals surface area contributed by atoms with Gasteiger partial charge in [-0.3, -0.25) is 14.9 Å². The lowest BCUT2D eigenvalue weighted by Gasteiger charge is -2.05. The highest BCUT2D eigenvalue weighted by Gasteiger charge is 2.27. The Morgan fingerprint density at radius 2 is 1.82 bits per heavy atom. The van der Waals surface area contributed by atoms with E-state index in [-0.39, 0.29) is 11.3 Å². The maximum atomic E-state index is 11.6. The van der Waals surface area contributed by atoms with Crippen LogP contribution in [0, 0.1) is 10.1 Å². The Hall–Kier alpha value is -1.47. The van der Waals surface area contributed by atoms with Crippen LogP contribution in [0.15, 0.2) is 24.3 Å². The van der Waals surface area contributed by atoms with E-state index in [0.29, 0.717) is 0 Å². The van der Waals surface area contributed by atoms with E-state index in [0.717, 1.165) is 18.4 Å². The first-order valence-corrected chi connectivity index (χ1v) is 6.74. The standard InChI is InChI=1S/C9H8ClNO5S/c1-17(15,16)9(10)8(12)6-2-4-7(5-3-6)11(13)14/h2-5,9H,1H3/t9-/m1/s1. The lowest BCUT2D eigenvalue weighted by molar-refractivity contribution is -0.384. The highest BCUT2D eigenvalue weighted by Crippen LogP contribution is 2.17. The van der Waals surface area contributed by atoms with E-state index < -0.39 is 25.3 Å². The molecule has 17 heavy (non-hydrogen) atoms. The van der Waals surface area contributed by atoms with Gasteiger partial charge in [-0.25, -0.2) is 8.42 Å². The fourth-order valence-electron chi connectivity index (χ4n) is 1.07. The Kier molecular flexibility index (Phi) is 3.84. The molecule has 0 saturated heterocycles. The predicted octanol–water partition coefficient (Wildman–Crippen LogP) is 1.39. The molecule has 0 aliphatic rings. The van der Waals surface area contributed by atoms with Gasteiger partial charge in [-0.1, -0.05) is 11.6 Å². The lowest BCUT2D eigenvalue weighted by atomic mass is 10.1. The van der Waals surface area contributed by atoms with Gasteiger partial charge in [-0.15, -0.1) is 0 Å². The molecule has 1 aromatic carbocycles. The number of halogens is 1. The summed E-state index contributed by atoms with van der Waals surface area (Å²) < 4.78 is 20.4. The van der Waals surface area contributed by atoms with Gasteiger partial charge in [-0.05, 0) is 12.1 Å². The Bertz CT molecular complexity index is 551. The zero-order chi connectivity index (χ0) is 13.2. The molecule has 0 aliphatic carbocycles. The molecule has 0 radical (unpaired) electrons. The number of carbonyl (C=O) groups excluding carboxylic acids is 1. The number of nitro benzene ring substituents is 1. The molecule has 0 aliphatic heterocycles. The quantitative estimate of drug-likeness (QED) is 0.359. The fraction of sp³-hybridized carbons (Fsp3) is 0.222. The number of benzene rings is 1. The molecule has 0 aromatic heterocycles. The first-order valence-electron chi connectivity index (χ1n) is 4.35. The molecule has 6 nitrogen and oxygen atoms in total. The minimum absolute atomic E-state index is 0.0148. The molecule has 0 unspecified atom stereocenters. The number of carbonyl (C=O) groups is 1. The molecule has 92 valence electrons. The van der Waals surface area contributed by atoms with E-state index in [1.54, 1.807) is 0 Å². The van der Waals surface area contributed by atoms with Gasteiger partial charge in [0.25, 0.3) is 5.69 Å². The van der Waals surface area contributed by atoms with Crippen molar-refractivity contribution in [1.82, 2.24) is 0 Å². The van der Waals surface area contributed by atoms with Crippen LogP contribution < -0.4 is 0 Å². The summed E-state index contributed by atoms with van der Waals surface area (Å²) in [6.07, 6.45) is 0.841. The van der Waals surface area contributed by atoms with Crippen molar-refractivity contribution >= 4 is 32.9 Å². The van der Waals surface area contributed by atoms with Gasteiger partial charge in [0.05, 0.1) is 4.92 Å². The zero-order valence-corrected chi connectivity index (χ0v) is 10.2. The zero-order valence-electron chi connectivity index (χ0n) is 8.66. The number of hydrogen-bond acceptors (Lipinski definition) is 5. The number of nitrogens with zero attached hydrogens (tertiary/aromatic N) is 1. The monoisotopic (exact) mass is 277 g/mol. The fourth-order valence-corrected chi connectivity index (χ4v) is 1.72. The number of non-ortho nitro benzene ring substituents is 1. The number of rotatable bonds is 4. The van der Waals surface area contributed by atoms with E-state index in [1.165, 1.54) is 12.1 Å². The lowest BCUT2D eigenvalue weighted by Crippen LogP contribution is -2.23. The normalized spacial score (nSPS) is 13.1. The third-order valence-corrected chi connectivity index (χ3v) is 4.08. The third kappa shape index (κ3) is 3.24. The average Bonchev–Trinajstić information content (AvgIpc) is 2.26. The smallest absolute Gasteiger partial charge is 0.269 e. The summed E-state index contributed by atoms with van der Waals surface area (Å²) in [5, 5.41) is 10.4. The molecule has 0 N–H and O–H groups in total. The van der Waals surface area contributed by atoms with Crippen LogP contribution in [0.3, 0.4) is 0 Å². The van der Waals surface area contributed by atoms with Crippen molar-refractivity contribution in [2.45, 2.75) is 4.71 Å². The van der Waals surface area contributed by atoms with Crippen LogP contribution in [0.1, 0.15) is 10.4 Å². The van der Waals surface area contributed by atoms with Gasteiger partial charge in [0.2, 0.25) is 0 Å². The molecule has 0 heterocycles. The second-order valence-corrected chi connectivity index (χ2v) is 6.14. The van der Waals surface area contributed by atoms with Crippen LogP contribution >= 0.6 is 11.6 Å². The molecule has 0 spiro atoms. The van der Waals surface area contributed by atoms with E-state index in [1.807, 2.05) is 0 Å². The van der Waals surface area contributed by atoms with Crippen LogP contribution in [0.2, 0.25) is 0 Å². The van der Waals surface area contributed by atoms with Crippen LogP contribution in [0.5, 0.6) is 0 Å². The molecule has 1 aromatic rings. The summed E-state index contributed by atoms with van der Waals surface area (Å²) in [5.74, 6) is -0.802. The van der Waals surface area contributed by atoms with E-state index >= 15 is 0 Å². The van der Waals surface area contributed by atoms with Crippen molar-refractivity contribution in [3.05, 3.63) is 39.9 Å². The molecule has 0 saturated carbocycles. The van der Waals surface area contributed by atoms with Gasteiger partial charge in [-0.2, -0.15) is 0 Å². The van der Waals surface area contributed by atoms with Gasteiger partial charge >= 0.3 is 0 Å². The molecule has 8 heteroatoms. The minimum atomic E-state index is -3.69. The van der Waals surface area contributed by atoms with E-state index in [9.17, 15) is 23.3 Å². The molecular formula is C9H8ClNO5S. The van der Waals surface area contributed by atoms with Crippen LogP contribution in [0.4, 0.5) is 5.69 Å². The Morgan fingerprint density at radius 1 is 1.35 bits per heavy atom. The maximum Gasteiger partial charge on any atom is 0.269 e. The topological polar surface area (TPSA) is 94.3 Å². The molecule has 0 bridgehead atoms. The SMILES string of the molecule is CS(=O)(=O)[C@@H](Cl)C(=O)c1ccc([N+](=O)[O-])cc1. The predicted molar refractivity (Wildman–Crippen MR) is 61.9 cm³/mol. The van der Waals surface area contributed by atoms with Crippen molar-refractivity contribution < 1.29 is 18.1 Å². The number of sulfone groups is 1. The summed E-state index contributed by atoms with van der Waals surface area (Å²) in [4.78, 5) is 21.3. The molecule has 1 rings (SSSR count). The van der Waals surface area contributed by atoms with Crippen LogP contribution in [0.25, 0.3) is 0 Å². The molecular weight excluding hydrogens is 270 g/mol. The Morgan fingerprint density at radius 3 is 2.18 bits per heavy atom. The van der Waals surface area contributed by atoms with Crippen molar-refractivity contribution in [1.29, 1.82) is 0 Å². The highest BCUT2D eigenvalue weighted by molar-refractivity contribution is 7.93. The number of ketones is 1. The molecule has 0 fully saturated rings. The Balaban J connectivity index is 3.03. The van der Waals surface area contributed by atoms with Crippen molar-refractivity contribution in [3.8, 4) is 0 Å². The highest BCUT2D eigenvalue weighted by atomic mass is 35.5. The van der Waals surface area contributed by atoms with E-state index in [2.05, 4.69) is 0 Å². The first kappa shape index (κ1) is 13.6. The summed E-state index contributed by atoms with van der Waals surface area (Å²) in [6, 6.07) is 4.56. The molecule has 0 amide bonds. The summed E-state index contributed by atoms with van der Waals surface area (Å²) >= 11 is 5.47. The number of nitro groups is 1. The van der Waals surface area contributed by atoms with Crippen molar-refractivity contribution in [2.24, 2.45) is 0 Å². The van der Waals surface area contributed by atoms with Crippen molar-refractivity contribution in [3.63, 3.8) is 0 Å². The molecule has 1 atom stereocenters. The largest absolute Gasteiger partial charge is 0.291 e. The summed E-state index contributed by atoms with van der Waals surface area (Å²) in [5.41, 5.74) is -0.173. The van der Waals surface area contributed by atoms with Crippen LogP contribution in [-0.2, 0) is 9.84 Å². The second kappa shape index (κ2) is 4.80. The first-order chi connectivity index (χ1) is 7.73. The van der Waals surface area contributed by atoms with Gasteiger partial charge in [0.15, 0.2) is 20.3 Å². The average molecular weight is 278 g/mol. The summed E-state index contributed by atoms with van der Waals surface area (Å²) in [6.45, 7) is 0. The van der Waals surface area contributed by atoms with Crippen LogP contribution in [-0.4, -0.2) is 30.1 Å². The second-order valence-electron chi connectivity index (χ2n) is 3.31. The van der Waals surface area contributed by atoms with Gasteiger partial charge < -0.3 is 0 Å². The summed E-state index contributed by atoms with van der Waals surface area (Å²) in [7, 11) is -3.69. The van der Waals surface area contributed by atoms with Gasteiger partial charge in [0, 0.05) is 24.0 Å². The number of alkyl halides is 1. The van der Waals surface area contributed by atoms with E-state index in [4.69, 9.17) is 11.6 Å². The van der Waals surface area contributed by atoms with Gasteiger partial charge in [0.1, 0.15) is 0 Å². The number of hydrogen-bond donors (Lipinski definition) is 0. The number of Topliss-reactive ketones (excluding diaryl/α,β-unsaturated/α-hetero) is 1.